The summed E-state index contributed by atoms with van der Waals surface area (Å²) in [5.41, 5.74) is 1.36. The van der Waals surface area contributed by atoms with Crippen molar-refractivity contribution in [2.24, 2.45) is 0 Å². The predicted molar refractivity (Wildman–Crippen MR) is 102 cm³/mol. The summed E-state index contributed by atoms with van der Waals surface area (Å²) in [5.74, 6) is -0.942. The van der Waals surface area contributed by atoms with E-state index in [-0.39, 0.29) is 22.8 Å². The standard InChI is InChI=1S/C20H13N5O3/c1-28-19(27)14-6-11(9-21)7-15-17(14)24-20(23-15)25-18(26)16-8-12-4-2-3-5-13(12)10-22-16/h2-8,10H,1H3,(H2,23,24,25,26). The van der Waals surface area contributed by atoms with E-state index in [2.05, 4.69) is 20.3 Å². The highest BCUT2D eigenvalue weighted by Crippen LogP contribution is 2.22. The molecule has 0 bridgehead atoms. The summed E-state index contributed by atoms with van der Waals surface area (Å²) in [7, 11) is 1.24. The molecule has 0 saturated carbocycles. The molecule has 0 fully saturated rings. The maximum absolute atomic E-state index is 12.6. The monoisotopic (exact) mass is 371 g/mol. The van der Waals surface area contributed by atoms with Gasteiger partial charge in [-0.1, -0.05) is 24.3 Å². The lowest BCUT2D eigenvalue weighted by Gasteiger charge is -2.03. The summed E-state index contributed by atoms with van der Waals surface area (Å²) < 4.78 is 4.74. The first-order valence-corrected chi connectivity index (χ1v) is 8.27. The number of anilines is 1. The van der Waals surface area contributed by atoms with E-state index in [1.807, 2.05) is 30.3 Å². The predicted octanol–water partition coefficient (Wildman–Crippen LogP) is 3.02. The number of methoxy groups -OCH3 is 1. The summed E-state index contributed by atoms with van der Waals surface area (Å²) in [5, 5.41) is 13.6. The van der Waals surface area contributed by atoms with Gasteiger partial charge in [0.15, 0.2) is 0 Å². The van der Waals surface area contributed by atoms with Crippen LogP contribution in [-0.4, -0.2) is 33.9 Å². The number of carbonyl (C=O) groups excluding carboxylic acids is 2. The minimum atomic E-state index is -0.623. The minimum Gasteiger partial charge on any atom is -0.465 e. The van der Waals surface area contributed by atoms with Crippen LogP contribution in [0.25, 0.3) is 21.8 Å². The molecule has 0 aliphatic carbocycles. The van der Waals surface area contributed by atoms with Crippen molar-refractivity contribution in [1.29, 1.82) is 5.26 Å². The zero-order valence-electron chi connectivity index (χ0n) is 14.7. The van der Waals surface area contributed by atoms with Gasteiger partial charge in [-0.05, 0) is 23.6 Å². The number of H-pyrrole nitrogens is 1. The molecule has 8 nitrogen and oxygen atoms in total. The van der Waals surface area contributed by atoms with Crippen molar-refractivity contribution in [3.8, 4) is 6.07 Å². The van der Waals surface area contributed by atoms with Crippen LogP contribution < -0.4 is 5.32 Å². The van der Waals surface area contributed by atoms with Gasteiger partial charge < -0.3 is 9.72 Å². The van der Waals surface area contributed by atoms with Crippen LogP contribution in [0, 0.1) is 11.3 Å². The fourth-order valence-electron chi connectivity index (χ4n) is 2.89. The molecule has 2 aromatic heterocycles. The molecule has 28 heavy (non-hydrogen) atoms. The molecule has 2 aromatic carbocycles. The number of hydrogen-bond donors (Lipinski definition) is 2. The highest BCUT2D eigenvalue weighted by atomic mass is 16.5. The topological polar surface area (TPSA) is 121 Å². The maximum Gasteiger partial charge on any atom is 0.340 e. The number of carbonyl (C=O) groups is 2. The third-order valence-electron chi connectivity index (χ3n) is 4.22. The number of rotatable bonds is 3. The SMILES string of the molecule is COC(=O)c1cc(C#N)cc2[nH]c(NC(=O)c3cc4ccccc4cn3)nc12. The van der Waals surface area contributed by atoms with E-state index in [1.165, 1.54) is 13.2 Å². The highest BCUT2D eigenvalue weighted by molar-refractivity contribution is 6.06. The second-order valence-electron chi connectivity index (χ2n) is 5.98. The van der Waals surface area contributed by atoms with Gasteiger partial charge in [0.25, 0.3) is 5.91 Å². The number of amides is 1. The van der Waals surface area contributed by atoms with Gasteiger partial charge in [-0.15, -0.1) is 0 Å². The van der Waals surface area contributed by atoms with Gasteiger partial charge in [0.1, 0.15) is 11.2 Å². The first-order chi connectivity index (χ1) is 13.6. The van der Waals surface area contributed by atoms with E-state index in [9.17, 15) is 9.59 Å². The first-order valence-electron chi connectivity index (χ1n) is 8.27. The van der Waals surface area contributed by atoms with Gasteiger partial charge in [0.2, 0.25) is 5.95 Å². The van der Waals surface area contributed by atoms with Crippen molar-refractivity contribution >= 4 is 39.6 Å². The van der Waals surface area contributed by atoms with E-state index < -0.39 is 11.9 Å². The first kappa shape index (κ1) is 17.2. The summed E-state index contributed by atoms with van der Waals surface area (Å²) >= 11 is 0. The van der Waals surface area contributed by atoms with Gasteiger partial charge in [-0.3, -0.25) is 15.1 Å². The molecular weight excluding hydrogens is 358 g/mol. The largest absolute Gasteiger partial charge is 0.465 e. The number of pyridine rings is 1. The van der Waals surface area contributed by atoms with Crippen molar-refractivity contribution in [1.82, 2.24) is 15.0 Å². The molecule has 4 aromatic rings. The fraction of sp³-hybridized carbons (Fsp3) is 0.0500. The molecule has 0 unspecified atom stereocenters. The molecule has 2 N–H and O–H groups in total. The smallest absolute Gasteiger partial charge is 0.340 e. The van der Waals surface area contributed by atoms with Gasteiger partial charge in [0.05, 0.1) is 29.8 Å². The summed E-state index contributed by atoms with van der Waals surface area (Å²) in [6.07, 6.45) is 1.62. The highest BCUT2D eigenvalue weighted by Gasteiger charge is 2.18. The van der Waals surface area contributed by atoms with Crippen LogP contribution in [0.15, 0.2) is 48.7 Å². The number of aromatic nitrogens is 3. The number of esters is 1. The van der Waals surface area contributed by atoms with Crippen LogP contribution in [-0.2, 0) is 4.74 Å². The lowest BCUT2D eigenvalue weighted by atomic mass is 10.1. The van der Waals surface area contributed by atoms with Crippen LogP contribution in [0.3, 0.4) is 0 Å². The Bertz CT molecular complexity index is 1290. The average molecular weight is 371 g/mol. The molecule has 0 spiro atoms. The molecule has 2 heterocycles. The Morgan fingerprint density at radius 3 is 2.71 bits per heavy atom. The Balaban J connectivity index is 1.70. The van der Waals surface area contributed by atoms with E-state index in [0.29, 0.717) is 11.0 Å². The normalized spacial score (nSPS) is 10.6. The van der Waals surface area contributed by atoms with Crippen molar-refractivity contribution < 1.29 is 14.3 Å². The van der Waals surface area contributed by atoms with Crippen molar-refractivity contribution in [3.05, 3.63) is 65.5 Å². The van der Waals surface area contributed by atoms with Crippen molar-refractivity contribution in [2.45, 2.75) is 0 Å². The van der Waals surface area contributed by atoms with Crippen LogP contribution >= 0.6 is 0 Å². The molecule has 0 radical (unpaired) electrons. The second kappa shape index (κ2) is 6.81. The number of aromatic amines is 1. The number of fused-ring (bicyclic) bond motifs is 2. The molecule has 4 rings (SSSR count). The van der Waals surface area contributed by atoms with Crippen LogP contribution in [0.4, 0.5) is 5.95 Å². The van der Waals surface area contributed by atoms with Crippen LogP contribution in [0.5, 0.6) is 0 Å². The van der Waals surface area contributed by atoms with Gasteiger partial charge >= 0.3 is 5.97 Å². The molecule has 1 amide bonds. The maximum atomic E-state index is 12.6. The van der Waals surface area contributed by atoms with Gasteiger partial charge in [-0.25, -0.2) is 9.78 Å². The zero-order valence-corrected chi connectivity index (χ0v) is 14.7. The Kier molecular flexibility index (Phi) is 4.18. The molecular formula is C20H13N5O3. The Morgan fingerprint density at radius 1 is 1.18 bits per heavy atom. The average Bonchev–Trinajstić information content (AvgIpc) is 3.14. The molecule has 0 aliphatic rings. The molecule has 0 saturated heterocycles. The number of ether oxygens (including phenoxy) is 1. The summed E-state index contributed by atoms with van der Waals surface area (Å²) in [4.78, 5) is 35.9. The molecule has 136 valence electrons. The third kappa shape index (κ3) is 3.01. The van der Waals surface area contributed by atoms with Crippen molar-refractivity contribution in [3.63, 3.8) is 0 Å². The quantitative estimate of drug-likeness (QED) is 0.534. The lowest BCUT2D eigenvalue weighted by molar-refractivity contribution is 0.0602. The summed E-state index contributed by atoms with van der Waals surface area (Å²) in [6, 6.07) is 14.2. The number of benzene rings is 2. The lowest BCUT2D eigenvalue weighted by Crippen LogP contribution is -2.14. The van der Waals surface area contributed by atoms with E-state index in [0.717, 1.165) is 10.8 Å². The third-order valence-corrected chi connectivity index (χ3v) is 4.22. The Morgan fingerprint density at radius 2 is 1.96 bits per heavy atom. The number of nitriles is 1. The molecule has 0 atom stereocenters. The zero-order chi connectivity index (χ0) is 19.7. The minimum absolute atomic E-state index is 0.134. The number of hydrogen-bond acceptors (Lipinski definition) is 6. The Hall–Kier alpha value is -4.25. The van der Waals surface area contributed by atoms with Gasteiger partial charge in [-0.2, -0.15) is 5.26 Å². The van der Waals surface area contributed by atoms with E-state index in [4.69, 9.17) is 10.00 Å². The van der Waals surface area contributed by atoms with Crippen molar-refractivity contribution in [2.75, 3.05) is 12.4 Å². The van der Waals surface area contributed by atoms with Crippen LogP contribution in [0.1, 0.15) is 26.4 Å². The molecule has 0 aliphatic heterocycles. The summed E-state index contributed by atoms with van der Waals surface area (Å²) in [6.45, 7) is 0. The number of nitrogens with zero attached hydrogens (tertiary/aromatic N) is 3. The van der Waals surface area contributed by atoms with Gasteiger partial charge in [0, 0.05) is 11.6 Å². The van der Waals surface area contributed by atoms with E-state index >= 15 is 0 Å². The van der Waals surface area contributed by atoms with E-state index in [1.54, 1.807) is 18.3 Å². The van der Waals surface area contributed by atoms with Crippen LogP contribution in [0.2, 0.25) is 0 Å². The second-order valence-corrected chi connectivity index (χ2v) is 5.98. The number of nitrogens with one attached hydrogen (secondary N) is 2. The number of imidazole rings is 1. The fourth-order valence-corrected chi connectivity index (χ4v) is 2.89. The Labute approximate surface area is 158 Å². The molecule has 8 heteroatoms.